The molecule has 0 aliphatic rings. The maximum absolute atomic E-state index is 11.8. The minimum atomic E-state index is -3.79. The first-order chi connectivity index (χ1) is 8.03. The van der Waals surface area contributed by atoms with Crippen molar-refractivity contribution >= 4 is 15.9 Å². The molecule has 2 unspecified atom stereocenters. The van der Waals surface area contributed by atoms with Crippen molar-refractivity contribution in [2.24, 2.45) is 0 Å². The zero-order valence-corrected chi connectivity index (χ0v) is 12.3. The molecular weight excluding hydrogens is 254 g/mol. The molecule has 6 nitrogen and oxygen atoms in total. The summed E-state index contributed by atoms with van der Waals surface area (Å²) >= 11 is 0. The highest BCUT2D eigenvalue weighted by molar-refractivity contribution is 7.90. The second-order valence-corrected chi connectivity index (χ2v) is 7.04. The number of nitriles is 1. The van der Waals surface area contributed by atoms with Crippen LogP contribution < -0.4 is 10.0 Å². The number of amides is 1. The molecule has 0 heterocycles. The van der Waals surface area contributed by atoms with E-state index in [4.69, 9.17) is 5.26 Å². The fourth-order valence-corrected chi connectivity index (χ4v) is 2.58. The highest BCUT2D eigenvalue weighted by Crippen LogP contribution is 2.05. The molecule has 0 rings (SSSR count). The Morgan fingerprint density at radius 2 is 1.89 bits per heavy atom. The molecule has 0 saturated heterocycles. The van der Waals surface area contributed by atoms with Crippen molar-refractivity contribution < 1.29 is 13.2 Å². The number of carbonyl (C=O) groups excluding carboxylic acids is 1. The molecule has 2 atom stereocenters. The number of nitrogens with one attached hydrogen (secondary N) is 2. The van der Waals surface area contributed by atoms with Crippen LogP contribution in [0.25, 0.3) is 0 Å². The third-order valence-electron chi connectivity index (χ3n) is 2.12. The minimum absolute atomic E-state index is 0.180. The summed E-state index contributed by atoms with van der Waals surface area (Å²) in [7, 11) is -3.79. The lowest BCUT2D eigenvalue weighted by molar-refractivity contribution is -0.123. The van der Waals surface area contributed by atoms with E-state index in [0.29, 0.717) is 0 Å². The summed E-state index contributed by atoms with van der Waals surface area (Å²) < 4.78 is 25.7. The van der Waals surface area contributed by atoms with Crippen molar-refractivity contribution in [3.05, 3.63) is 0 Å². The molecule has 0 saturated carbocycles. The zero-order valence-electron chi connectivity index (χ0n) is 11.4. The molecular formula is C11H21N3O3S. The summed E-state index contributed by atoms with van der Waals surface area (Å²) in [6, 6.07) is 0.796. The van der Waals surface area contributed by atoms with Crippen LogP contribution in [0.1, 0.15) is 41.0 Å². The van der Waals surface area contributed by atoms with Crippen molar-refractivity contribution in [3.8, 4) is 6.07 Å². The monoisotopic (exact) mass is 275 g/mol. The summed E-state index contributed by atoms with van der Waals surface area (Å²) in [5, 5.41) is 10.3. The molecule has 2 N–H and O–H groups in total. The number of nitrogens with zero attached hydrogens (tertiary/aromatic N) is 1. The van der Waals surface area contributed by atoms with Crippen LogP contribution in [-0.4, -0.2) is 31.2 Å². The van der Waals surface area contributed by atoms with E-state index in [-0.39, 0.29) is 6.42 Å². The van der Waals surface area contributed by atoms with E-state index >= 15 is 0 Å². The second kappa shape index (κ2) is 6.16. The summed E-state index contributed by atoms with van der Waals surface area (Å²) in [5.41, 5.74) is -0.434. The van der Waals surface area contributed by atoms with Gasteiger partial charge in [0, 0.05) is 5.54 Å². The van der Waals surface area contributed by atoms with Gasteiger partial charge in [-0.15, -0.1) is 0 Å². The van der Waals surface area contributed by atoms with Crippen LogP contribution >= 0.6 is 0 Å². The SMILES string of the molecule is CCC(C#N)S(=O)(=O)NC(C)C(=O)NC(C)(C)C. The first-order valence-electron chi connectivity index (χ1n) is 5.76. The maximum Gasteiger partial charge on any atom is 0.238 e. The van der Waals surface area contributed by atoms with Gasteiger partial charge < -0.3 is 5.32 Å². The predicted molar refractivity (Wildman–Crippen MR) is 69.1 cm³/mol. The van der Waals surface area contributed by atoms with Gasteiger partial charge in [0.2, 0.25) is 15.9 Å². The van der Waals surface area contributed by atoms with Crippen molar-refractivity contribution in [2.75, 3.05) is 0 Å². The van der Waals surface area contributed by atoms with E-state index in [0.717, 1.165) is 0 Å². The molecule has 0 aliphatic carbocycles. The normalized spacial score (nSPS) is 15.6. The summed E-state index contributed by atoms with van der Waals surface area (Å²) in [6.45, 7) is 8.46. The molecule has 18 heavy (non-hydrogen) atoms. The van der Waals surface area contributed by atoms with E-state index in [1.54, 1.807) is 33.8 Å². The third-order valence-corrected chi connectivity index (χ3v) is 3.99. The molecule has 1 amide bonds. The number of carbonyl (C=O) groups is 1. The van der Waals surface area contributed by atoms with E-state index in [9.17, 15) is 13.2 Å². The lowest BCUT2D eigenvalue weighted by atomic mass is 10.1. The van der Waals surface area contributed by atoms with Gasteiger partial charge in [-0.3, -0.25) is 4.79 Å². The van der Waals surface area contributed by atoms with E-state index in [1.807, 2.05) is 0 Å². The highest BCUT2D eigenvalue weighted by atomic mass is 32.2. The quantitative estimate of drug-likeness (QED) is 0.763. The van der Waals surface area contributed by atoms with Gasteiger partial charge in [-0.2, -0.15) is 5.26 Å². The topological polar surface area (TPSA) is 99.1 Å². The van der Waals surface area contributed by atoms with Crippen molar-refractivity contribution in [2.45, 2.75) is 57.9 Å². The highest BCUT2D eigenvalue weighted by Gasteiger charge is 2.28. The summed E-state index contributed by atoms with van der Waals surface area (Å²) in [4.78, 5) is 11.7. The van der Waals surface area contributed by atoms with E-state index in [1.165, 1.54) is 6.92 Å². The number of sulfonamides is 1. The lowest BCUT2D eigenvalue weighted by Gasteiger charge is -2.24. The fourth-order valence-electron chi connectivity index (χ4n) is 1.24. The van der Waals surface area contributed by atoms with Gasteiger partial charge >= 0.3 is 0 Å². The van der Waals surface area contributed by atoms with Crippen LogP contribution in [0.3, 0.4) is 0 Å². The van der Waals surface area contributed by atoms with E-state index in [2.05, 4.69) is 10.0 Å². The Bertz CT molecular complexity index is 431. The zero-order chi connectivity index (χ0) is 14.6. The molecule has 104 valence electrons. The Labute approximate surface area is 109 Å². The van der Waals surface area contributed by atoms with Crippen molar-refractivity contribution in [1.82, 2.24) is 10.0 Å². The van der Waals surface area contributed by atoms with Gasteiger partial charge in [-0.05, 0) is 34.1 Å². The Morgan fingerprint density at radius 3 is 2.22 bits per heavy atom. The van der Waals surface area contributed by atoms with Crippen LogP contribution in [0.2, 0.25) is 0 Å². The standard InChI is InChI=1S/C11H21N3O3S/c1-6-9(7-12)18(16,17)14-8(2)10(15)13-11(3,4)5/h8-9,14H,6H2,1-5H3,(H,13,15). The van der Waals surface area contributed by atoms with Gasteiger partial charge in [-0.25, -0.2) is 13.1 Å². The lowest BCUT2D eigenvalue weighted by Crippen LogP contribution is -2.52. The molecule has 0 aromatic carbocycles. The molecule has 0 aromatic heterocycles. The number of rotatable bonds is 5. The third kappa shape index (κ3) is 5.47. The second-order valence-electron chi connectivity index (χ2n) is 5.15. The smallest absolute Gasteiger partial charge is 0.238 e. The Balaban J connectivity index is 4.72. The summed E-state index contributed by atoms with van der Waals surface area (Å²) in [6.07, 6.45) is 0.180. The van der Waals surface area contributed by atoms with Gasteiger partial charge in [0.15, 0.2) is 5.25 Å². The fraction of sp³-hybridized carbons (Fsp3) is 0.818. The average molecular weight is 275 g/mol. The van der Waals surface area contributed by atoms with Gasteiger partial charge in [-0.1, -0.05) is 6.92 Å². The van der Waals surface area contributed by atoms with Crippen LogP contribution in [0.5, 0.6) is 0 Å². The molecule has 0 aliphatic heterocycles. The first kappa shape index (κ1) is 16.9. The van der Waals surface area contributed by atoms with E-state index < -0.39 is 32.8 Å². The molecule has 7 heteroatoms. The Hall–Kier alpha value is -1.13. The molecule has 0 fully saturated rings. The maximum atomic E-state index is 11.8. The predicted octanol–water partition coefficient (Wildman–Crippen LogP) is 0.511. The molecule has 0 radical (unpaired) electrons. The van der Waals surface area contributed by atoms with Crippen LogP contribution in [-0.2, 0) is 14.8 Å². The van der Waals surface area contributed by atoms with Crippen LogP contribution in [0.4, 0.5) is 0 Å². The Kier molecular flexibility index (Phi) is 5.77. The number of hydrogen-bond donors (Lipinski definition) is 2. The Morgan fingerprint density at radius 1 is 1.39 bits per heavy atom. The largest absolute Gasteiger partial charge is 0.350 e. The van der Waals surface area contributed by atoms with Gasteiger partial charge in [0.05, 0.1) is 12.1 Å². The number of hydrogen-bond acceptors (Lipinski definition) is 4. The van der Waals surface area contributed by atoms with Crippen molar-refractivity contribution in [1.29, 1.82) is 5.26 Å². The van der Waals surface area contributed by atoms with Gasteiger partial charge in [0.25, 0.3) is 0 Å². The molecule has 0 bridgehead atoms. The van der Waals surface area contributed by atoms with Crippen LogP contribution in [0, 0.1) is 11.3 Å². The molecule has 0 spiro atoms. The molecule has 0 aromatic rings. The minimum Gasteiger partial charge on any atom is -0.350 e. The van der Waals surface area contributed by atoms with Crippen molar-refractivity contribution in [3.63, 3.8) is 0 Å². The van der Waals surface area contributed by atoms with Gasteiger partial charge in [0.1, 0.15) is 0 Å². The summed E-state index contributed by atoms with van der Waals surface area (Å²) in [5.74, 6) is -0.418. The van der Waals surface area contributed by atoms with Crippen LogP contribution in [0.15, 0.2) is 0 Å². The first-order valence-corrected chi connectivity index (χ1v) is 7.31. The average Bonchev–Trinajstić information content (AvgIpc) is 2.15.